The first-order valence-corrected chi connectivity index (χ1v) is 10.6. The molecule has 1 aliphatic rings. The van der Waals surface area contributed by atoms with Crippen molar-refractivity contribution in [2.24, 2.45) is 0 Å². The van der Waals surface area contributed by atoms with Crippen molar-refractivity contribution in [3.05, 3.63) is 64.2 Å². The van der Waals surface area contributed by atoms with Crippen LogP contribution in [0.25, 0.3) is 0 Å². The molecule has 3 rings (SSSR count). The molecule has 1 aliphatic carbocycles. The van der Waals surface area contributed by atoms with Crippen molar-refractivity contribution in [3.8, 4) is 0 Å². The number of benzene rings is 2. The van der Waals surface area contributed by atoms with Gasteiger partial charge in [-0.3, -0.25) is 9.59 Å². The second-order valence-corrected chi connectivity index (χ2v) is 8.27. The van der Waals surface area contributed by atoms with Gasteiger partial charge in [0.05, 0.1) is 23.8 Å². The Morgan fingerprint density at radius 2 is 1.72 bits per heavy atom. The van der Waals surface area contributed by atoms with Crippen LogP contribution in [-0.4, -0.2) is 32.0 Å². The van der Waals surface area contributed by atoms with E-state index in [4.69, 9.17) is 11.6 Å². The second-order valence-electron chi connectivity index (χ2n) is 7.86. The number of rotatable bonds is 7. The van der Waals surface area contributed by atoms with Crippen LogP contribution >= 0.6 is 11.6 Å². The first kappa shape index (κ1) is 21.3. The quantitative estimate of drug-likeness (QED) is 0.652. The van der Waals surface area contributed by atoms with Gasteiger partial charge in [0.2, 0.25) is 0 Å². The molecule has 0 aliphatic heterocycles. The molecule has 0 spiro atoms. The zero-order chi connectivity index (χ0) is 20.8. The summed E-state index contributed by atoms with van der Waals surface area (Å²) in [6, 6.07) is 13.6. The van der Waals surface area contributed by atoms with Gasteiger partial charge in [-0.1, -0.05) is 41.9 Å². The van der Waals surface area contributed by atoms with Crippen LogP contribution in [0, 0.1) is 0 Å². The van der Waals surface area contributed by atoms with Gasteiger partial charge in [-0.05, 0) is 61.4 Å². The van der Waals surface area contributed by atoms with Crippen LogP contribution in [-0.2, 0) is 22.4 Å². The Morgan fingerprint density at radius 1 is 1.03 bits per heavy atom. The summed E-state index contributed by atoms with van der Waals surface area (Å²) in [7, 11) is 1.83. The van der Waals surface area contributed by atoms with Crippen LogP contribution < -0.4 is 15.5 Å². The van der Waals surface area contributed by atoms with Gasteiger partial charge < -0.3 is 15.5 Å². The van der Waals surface area contributed by atoms with E-state index in [9.17, 15) is 9.59 Å². The van der Waals surface area contributed by atoms with Crippen molar-refractivity contribution in [1.82, 2.24) is 5.32 Å². The Labute approximate surface area is 177 Å². The van der Waals surface area contributed by atoms with E-state index in [2.05, 4.69) is 28.8 Å². The minimum absolute atomic E-state index is 0.0560. The van der Waals surface area contributed by atoms with Gasteiger partial charge in [0, 0.05) is 0 Å². The number of anilines is 1. The molecule has 0 radical (unpaired) electrons. The molecule has 0 heterocycles. The van der Waals surface area contributed by atoms with Crippen LogP contribution in [0.4, 0.5) is 5.69 Å². The molecular formula is C23H29ClN3O2+. The number of nitrogens with one attached hydrogen (secondary N) is 3. The third-order valence-electron chi connectivity index (χ3n) is 5.32. The molecule has 29 heavy (non-hydrogen) atoms. The lowest BCUT2D eigenvalue weighted by atomic mass is 9.89. The lowest BCUT2D eigenvalue weighted by Crippen LogP contribution is -3.11. The average Bonchev–Trinajstić information content (AvgIpc) is 2.69. The minimum Gasteiger partial charge on any atom is -0.345 e. The molecule has 2 aromatic rings. The Bertz CT molecular complexity index is 884. The molecule has 6 heteroatoms. The van der Waals surface area contributed by atoms with Crippen LogP contribution in [0.5, 0.6) is 0 Å². The van der Waals surface area contributed by atoms with E-state index in [0.717, 1.165) is 23.3 Å². The zero-order valence-corrected chi connectivity index (χ0v) is 17.8. The highest BCUT2D eigenvalue weighted by molar-refractivity contribution is 6.33. The van der Waals surface area contributed by atoms with Gasteiger partial charge in [-0.25, -0.2) is 0 Å². The average molecular weight is 415 g/mol. The molecule has 154 valence electrons. The van der Waals surface area contributed by atoms with Gasteiger partial charge in [0.25, 0.3) is 11.8 Å². The van der Waals surface area contributed by atoms with E-state index in [1.807, 2.05) is 26.1 Å². The van der Waals surface area contributed by atoms with Gasteiger partial charge in [0.1, 0.15) is 0 Å². The van der Waals surface area contributed by atoms with Crippen molar-refractivity contribution >= 4 is 29.1 Å². The van der Waals surface area contributed by atoms with Crippen molar-refractivity contribution in [2.75, 3.05) is 25.5 Å². The molecular weight excluding hydrogens is 386 g/mol. The summed E-state index contributed by atoms with van der Waals surface area (Å²) >= 11 is 6.06. The fraction of sp³-hybridized carbons (Fsp3) is 0.391. The maximum Gasteiger partial charge on any atom is 0.279 e. The summed E-state index contributed by atoms with van der Waals surface area (Å²) < 4.78 is 0. The number of amides is 2. The van der Waals surface area contributed by atoms with Gasteiger partial charge in [-0.2, -0.15) is 0 Å². The number of quaternary nitrogens is 1. The van der Waals surface area contributed by atoms with Crippen molar-refractivity contribution in [2.45, 2.75) is 38.6 Å². The molecule has 2 aromatic carbocycles. The number of hydrogen-bond acceptors (Lipinski definition) is 2. The highest BCUT2D eigenvalue weighted by atomic mass is 35.5. The predicted molar refractivity (Wildman–Crippen MR) is 116 cm³/mol. The first-order chi connectivity index (χ1) is 13.9. The topological polar surface area (TPSA) is 62.6 Å². The van der Waals surface area contributed by atoms with E-state index >= 15 is 0 Å². The van der Waals surface area contributed by atoms with Gasteiger partial charge >= 0.3 is 0 Å². The molecule has 0 bridgehead atoms. The summed E-state index contributed by atoms with van der Waals surface area (Å²) in [6.07, 6.45) is 4.78. The van der Waals surface area contributed by atoms with E-state index < -0.39 is 0 Å². The van der Waals surface area contributed by atoms with Crippen LogP contribution in [0.15, 0.2) is 42.5 Å². The summed E-state index contributed by atoms with van der Waals surface area (Å²) in [5, 5.41) is 6.34. The molecule has 0 aromatic heterocycles. The van der Waals surface area contributed by atoms with Crippen molar-refractivity contribution < 1.29 is 14.5 Å². The summed E-state index contributed by atoms with van der Waals surface area (Å²) in [5.74, 6) is -0.246. The highest BCUT2D eigenvalue weighted by Crippen LogP contribution is 2.24. The van der Waals surface area contributed by atoms with Gasteiger partial charge in [0.15, 0.2) is 13.1 Å². The highest BCUT2D eigenvalue weighted by Gasteiger charge is 2.18. The minimum atomic E-state index is -0.175. The van der Waals surface area contributed by atoms with E-state index in [1.165, 1.54) is 24.0 Å². The Kier molecular flexibility index (Phi) is 7.29. The summed E-state index contributed by atoms with van der Waals surface area (Å²) in [6.45, 7) is 2.42. The molecule has 2 atom stereocenters. The molecule has 5 nitrogen and oxygen atoms in total. The fourth-order valence-electron chi connectivity index (χ4n) is 3.77. The number of likely N-dealkylation sites (N-methyl/N-ethyl adjacent to an activating group) is 1. The SMILES string of the molecule is C[C@H](NC(=O)C[NH+](C)CC(=O)Nc1ccccc1Cl)c1ccc2c(c1)CCCC2. The molecule has 1 unspecified atom stereocenters. The third-order valence-corrected chi connectivity index (χ3v) is 5.65. The number of carbonyl (C=O) groups excluding carboxylic acids is 2. The lowest BCUT2D eigenvalue weighted by Gasteiger charge is -2.20. The smallest absolute Gasteiger partial charge is 0.279 e. The van der Waals surface area contributed by atoms with Crippen molar-refractivity contribution in [1.29, 1.82) is 0 Å². The van der Waals surface area contributed by atoms with Gasteiger partial charge in [-0.15, -0.1) is 0 Å². The zero-order valence-electron chi connectivity index (χ0n) is 17.1. The summed E-state index contributed by atoms with van der Waals surface area (Å²) in [5.41, 5.74) is 4.56. The standard InChI is InChI=1S/C23H28ClN3O2/c1-16(18-12-11-17-7-3-4-8-19(17)13-18)25-22(28)14-27(2)15-23(29)26-21-10-6-5-9-20(21)24/h5-6,9-13,16H,3-4,7-8,14-15H2,1-2H3,(H,25,28)(H,26,29)/p+1/t16-/m0/s1. The third kappa shape index (κ3) is 6.05. The summed E-state index contributed by atoms with van der Waals surface area (Å²) in [4.78, 5) is 25.5. The van der Waals surface area contributed by atoms with Crippen LogP contribution in [0.2, 0.25) is 5.02 Å². The van der Waals surface area contributed by atoms with Crippen LogP contribution in [0.1, 0.15) is 42.5 Å². The maximum absolute atomic E-state index is 12.4. The fourth-order valence-corrected chi connectivity index (χ4v) is 3.95. The largest absolute Gasteiger partial charge is 0.345 e. The lowest BCUT2D eigenvalue weighted by molar-refractivity contribution is -0.862. The second kappa shape index (κ2) is 9.90. The number of aryl methyl sites for hydroxylation is 2. The van der Waals surface area contributed by atoms with Crippen molar-refractivity contribution in [3.63, 3.8) is 0 Å². The van der Waals surface area contributed by atoms with E-state index in [1.54, 1.807) is 12.1 Å². The molecule has 2 amide bonds. The number of para-hydroxylation sites is 1. The van der Waals surface area contributed by atoms with E-state index in [-0.39, 0.29) is 30.9 Å². The molecule has 0 saturated carbocycles. The first-order valence-electron chi connectivity index (χ1n) is 10.2. The Hall–Kier alpha value is -2.37. The number of carbonyl (C=O) groups is 2. The normalized spacial score (nSPS) is 15.1. The predicted octanol–water partition coefficient (Wildman–Crippen LogP) is 2.55. The van der Waals surface area contributed by atoms with Crippen LogP contribution in [0.3, 0.4) is 0 Å². The monoisotopic (exact) mass is 414 g/mol. The van der Waals surface area contributed by atoms with E-state index in [0.29, 0.717) is 10.7 Å². The molecule has 3 N–H and O–H groups in total. The Morgan fingerprint density at radius 3 is 2.48 bits per heavy atom. The number of hydrogen-bond donors (Lipinski definition) is 3. The molecule has 0 fully saturated rings. The number of fused-ring (bicyclic) bond motifs is 1. The maximum atomic E-state index is 12.4. The molecule has 0 saturated heterocycles. The Balaban J connectivity index is 1.48. The number of halogens is 1.